The highest BCUT2D eigenvalue weighted by atomic mass is 32.2. The van der Waals surface area contributed by atoms with Crippen LogP contribution < -0.4 is 0 Å². The lowest BCUT2D eigenvalue weighted by Crippen LogP contribution is -2.52. The third-order valence-corrected chi connectivity index (χ3v) is 3.80. The van der Waals surface area contributed by atoms with Gasteiger partial charge in [0.2, 0.25) is 0 Å². The number of hydrogen-bond acceptors (Lipinski definition) is 2. The van der Waals surface area contributed by atoms with Gasteiger partial charge in [0.05, 0.1) is 5.92 Å². The van der Waals surface area contributed by atoms with Crippen molar-refractivity contribution in [3.63, 3.8) is 0 Å². The molecule has 1 fully saturated rings. The van der Waals surface area contributed by atoms with Gasteiger partial charge in [0, 0.05) is 0 Å². The van der Waals surface area contributed by atoms with E-state index >= 15 is 0 Å². The number of halogens is 4. The summed E-state index contributed by atoms with van der Waals surface area (Å²) in [5, 5.41) is -5.50. The second kappa shape index (κ2) is 4.24. The van der Waals surface area contributed by atoms with Crippen LogP contribution in [0.4, 0.5) is 17.6 Å². The highest BCUT2D eigenvalue weighted by Gasteiger charge is 2.69. The first-order valence-corrected chi connectivity index (χ1v) is 6.36. The Bertz CT molecular complexity index is 416. The van der Waals surface area contributed by atoms with Gasteiger partial charge < -0.3 is 0 Å². The van der Waals surface area contributed by atoms with Gasteiger partial charge in [-0.25, -0.2) is 0 Å². The first kappa shape index (κ1) is 14.4. The van der Waals surface area contributed by atoms with E-state index in [0.29, 0.717) is 12.8 Å². The molecule has 0 heterocycles. The second-order valence-corrected chi connectivity index (χ2v) is 5.53. The summed E-state index contributed by atoms with van der Waals surface area (Å²) in [4.78, 5) is 0. The summed E-state index contributed by atoms with van der Waals surface area (Å²) in [6, 6.07) is 0. The maximum Gasteiger partial charge on any atom is 0.432 e. The monoisotopic (exact) mass is 276 g/mol. The number of allylic oxidation sites excluding steroid dienone is 1. The molecule has 17 heavy (non-hydrogen) atoms. The van der Waals surface area contributed by atoms with E-state index in [-0.39, 0.29) is 18.4 Å². The zero-order chi connectivity index (χ0) is 13.5. The Morgan fingerprint density at radius 3 is 2.18 bits per heavy atom. The second-order valence-electron chi connectivity index (χ2n) is 4.07. The van der Waals surface area contributed by atoms with Gasteiger partial charge in [-0.1, -0.05) is 18.6 Å². The molecule has 0 aliphatic heterocycles. The van der Waals surface area contributed by atoms with Crippen molar-refractivity contribution in [3.05, 3.63) is 12.2 Å². The smallest absolute Gasteiger partial charge is 0.281 e. The Kier molecular flexibility index (Phi) is 3.60. The summed E-state index contributed by atoms with van der Waals surface area (Å²) in [5.74, 6) is -6.77. The standard InChI is InChI=1S/C9H12F4O3S/c1-6-4-2-3-5-7(6)8(10,11)9(12,13)17(14,15)16/h7H,1-5H2,(H,14,15,16). The maximum absolute atomic E-state index is 13.5. The average molecular weight is 276 g/mol. The lowest BCUT2D eigenvalue weighted by Gasteiger charge is -2.34. The molecule has 0 radical (unpaired) electrons. The molecule has 0 spiro atoms. The van der Waals surface area contributed by atoms with Crippen molar-refractivity contribution < 1.29 is 30.5 Å². The molecule has 100 valence electrons. The van der Waals surface area contributed by atoms with E-state index < -0.39 is 27.2 Å². The molecule has 0 aromatic heterocycles. The van der Waals surface area contributed by atoms with Crippen LogP contribution in [0.3, 0.4) is 0 Å². The summed E-state index contributed by atoms with van der Waals surface area (Å²) in [6.45, 7) is 3.27. The maximum atomic E-state index is 13.5. The molecule has 0 aromatic rings. The minimum absolute atomic E-state index is 0.107. The third-order valence-electron chi connectivity index (χ3n) is 2.88. The summed E-state index contributed by atoms with van der Waals surface area (Å²) in [6.07, 6.45) is 0.739. The van der Waals surface area contributed by atoms with Crippen molar-refractivity contribution in [2.75, 3.05) is 0 Å². The number of alkyl halides is 4. The van der Waals surface area contributed by atoms with Crippen molar-refractivity contribution in [3.8, 4) is 0 Å². The van der Waals surface area contributed by atoms with Crippen LogP contribution >= 0.6 is 0 Å². The van der Waals surface area contributed by atoms with Crippen molar-refractivity contribution in [1.29, 1.82) is 0 Å². The molecule has 1 saturated carbocycles. The molecule has 0 amide bonds. The van der Waals surface area contributed by atoms with Gasteiger partial charge in [0.1, 0.15) is 0 Å². The fourth-order valence-electron chi connectivity index (χ4n) is 1.89. The minimum Gasteiger partial charge on any atom is -0.281 e. The molecular formula is C9H12F4O3S. The van der Waals surface area contributed by atoms with Crippen LogP contribution in [0.1, 0.15) is 25.7 Å². The summed E-state index contributed by atoms with van der Waals surface area (Å²) >= 11 is 0. The lowest BCUT2D eigenvalue weighted by atomic mass is 9.81. The zero-order valence-corrected chi connectivity index (χ0v) is 9.61. The van der Waals surface area contributed by atoms with E-state index in [9.17, 15) is 26.0 Å². The first-order valence-electron chi connectivity index (χ1n) is 4.92. The van der Waals surface area contributed by atoms with Crippen molar-refractivity contribution >= 4 is 10.1 Å². The topological polar surface area (TPSA) is 54.4 Å². The molecule has 1 aliphatic rings. The fraction of sp³-hybridized carbons (Fsp3) is 0.778. The minimum atomic E-state index is -6.16. The highest BCUT2D eigenvalue weighted by Crippen LogP contribution is 2.49. The predicted molar refractivity (Wildman–Crippen MR) is 52.5 cm³/mol. The van der Waals surface area contributed by atoms with Gasteiger partial charge in [-0.15, -0.1) is 0 Å². The van der Waals surface area contributed by atoms with Crippen LogP contribution in [0.25, 0.3) is 0 Å². The van der Waals surface area contributed by atoms with Gasteiger partial charge in [0.15, 0.2) is 0 Å². The molecule has 1 unspecified atom stereocenters. The van der Waals surface area contributed by atoms with Crippen LogP contribution in [-0.4, -0.2) is 24.1 Å². The van der Waals surface area contributed by atoms with Gasteiger partial charge in [-0.05, 0) is 19.3 Å². The molecule has 8 heteroatoms. The third kappa shape index (κ3) is 2.33. The van der Waals surface area contributed by atoms with Gasteiger partial charge in [-0.2, -0.15) is 26.0 Å². The molecule has 3 nitrogen and oxygen atoms in total. The average Bonchev–Trinajstić information content (AvgIpc) is 2.16. The van der Waals surface area contributed by atoms with Crippen LogP contribution in [-0.2, 0) is 10.1 Å². The summed E-state index contributed by atoms with van der Waals surface area (Å²) in [5.41, 5.74) is -0.107. The summed E-state index contributed by atoms with van der Waals surface area (Å²) in [7, 11) is -6.16. The number of hydrogen-bond donors (Lipinski definition) is 1. The Morgan fingerprint density at radius 2 is 1.76 bits per heavy atom. The number of rotatable bonds is 3. The van der Waals surface area contributed by atoms with E-state index in [2.05, 4.69) is 6.58 Å². The normalized spacial score (nSPS) is 23.8. The molecule has 1 N–H and O–H groups in total. The Balaban J connectivity index is 3.13. The van der Waals surface area contributed by atoms with Gasteiger partial charge in [0.25, 0.3) is 0 Å². The zero-order valence-electron chi connectivity index (χ0n) is 8.80. The molecule has 0 aromatic carbocycles. The predicted octanol–water partition coefficient (Wildman–Crippen LogP) is 2.85. The summed E-state index contributed by atoms with van der Waals surface area (Å²) < 4.78 is 81.9. The SMILES string of the molecule is C=C1CCCCC1C(F)(F)C(F)(F)S(=O)(=O)O. The molecular weight excluding hydrogens is 264 g/mol. The highest BCUT2D eigenvalue weighted by molar-refractivity contribution is 7.87. The lowest BCUT2D eigenvalue weighted by molar-refractivity contribution is -0.188. The van der Waals surface area contributed by atoms with Crippen LogP contribution in [0.5, 0.6) is 0 Å². The van der Waals surface area contributed by atoms with Crippen molar-refractivity contribution in [2.45, 2.75) is 36.9 Å². The van der Waals surface area contributed by atoms with Crippen molar-refractivity contribution in [2.24, 2.45) is 5.92 Å². The molecule has 1 aliphatic carbocycles. The largest absolute Gasteiger partial charge is 0.432 e. The quantitative estimate of drug-likeness (QED) is 0.490. The van der Waals surface area contributed by atoms with E-state index in [0.717, 1.165) is 0 Å². The van der Waals surface area contributed by atoms with Crippen LogP contribution in [0.15, 0.2) is 12.2 Å². The van der Waals surface area contributed by atoms with Crippen LogP contribution in [0, 0.1) is 5.92 Å². The van der Waals surface area contributed by atoms with Gasteiger partial charge in [-0.3, -0.25) is 4.55 Å². The Morgan fingerprint density at radius 1 is 1.24 bits per heavy atom. The Labute approximate surface area is 96.3 Å². The van der Waals surface area contributed by atoms with Gasteiger partial charge >= 0.3 is 21.3 Å². The fourth-order valence-corrected chi connectivity index (χ4v) is 2.38. The van der Waals surface area contributed by atoms with E-state index in [1.807, 2.05) is 0 Å². The van der Waals surface area contributed by atoms with E-state index in [1.54, 1.807) is 0 Å². The molecule has 0 saturated heterocycles. The molecule has 1 rings (SSSR count). The Hall–Kier alpha value is -0.630. The molecule has 1 atom stereocenters. The molecule has 0 bridgehead atoms. The van der Waals surface area contributed by atoms with E-state index in [4.69, 9.17) is 4.55 Å². The first-order chi connectivity index (χ1) is 7.52. The van der Waals surface area contributed by atoms with Crippen molar-refractivity contribution in [1.82, 2.24) is 0 Å². The van der Waals surface area contributed by atoms with E-state index in [1.165, 1.54) is 0 Å². The van der Waals surface area contributed by atoms with Crippen LogP contribution in [0.2, 0.25) is 0 Å².